The maximum Gasteiger partial charge on any atom is 0.0694 e. The van der Waals surface area contributed by atoms with Crippen LogP contribution in [0, 0.1) is 6.92 Å². The van der Waals surface area contributed by atoms with Gasteiger partial charge in [-0.15, -0.1) is 11.8 Å². The first-order chi connectivity index (χ1) is 8.24. The van der Waals surface area contributed by atoms with Gasteiger partial charge >= 0.3 is 0 Å². The van der Waals surface area contributed by atoms with Crippen molar-refractivity contribution in [2.45, 2.75) is 51.8 Å². The van der Waals surface area contributed by atoms with Crippen molar-refractivity contribution in [3.05, 3.63) is 29.8 Å². The fraction of sp³-hybridized carbons (Fsp3) is 0.600. The second-order valence-electron chi connectivity index (χ2n) is 4.53. The first-order valence-corrected chi connectivity index (χ1v) is 7.72. The Balaban J connectivity index is 2.21. The minimum absolute atomic E-state index is 0.498. The van der Waals surface area contributed by atoms with Crippen molar-refractivity contribution in [1.82, 2.24) is 0 Å². The molecule has 0 aliphatic carbocycles. The molecule has 0 heterocycles. The van der Waals surface area contributed by atoms with Crippen LogP contribution in [0.25, 0.3) is 0 Å². The van der Waals surface area contributed by atoms with Gasteiger partial charge < -0.3 is 5.32 Å². The van der Waals surface area contributed by atoms with Crippen LogP contribution >= 0.6 is 11.8 Å². The van der Waals surface area contributed by atoms with E-state index < -0.39 is 0 Å². The fourth-order valence-corrected chi connectivity index (χ4v) is 2.72. The maximum atomic E-state index is 3.56. The molecule has 0 aliphatic rings. The highest BCUT2D eigenvalue weighted by molar-refractivity contribution is 7.99. The summed E-state index contributed by atoms with van der Waals surface area (Å²) in [6.07, 6.45) is 5.42. The third-order valence-corrected chi connectivity index (χ3v) is 4.01. The van der Waals surface area contributed by atoms with Crippen molar-refractivity contribution < 1.29 is 0 Å². The molecule has 1 atom stereocenters. The lowest BCUT2D eigenvalue weighted by Crippen LogP contribution is -2.12. The van der Waals surface area contributed by atoms with E-state index in [1.54, 1.807) is 0 Å². The maximum absolute atomic E-state index is 3.56. The van der Waals surface area contributed by atoms with E-state index in [9.17, 15) is 0 Å². The van der Waals surface area contributed by atoms with E-state index in [0.717, 1.165) is 0 Å². The summed E-state index contributed by atoms with van der Waals surface area (Å²) in [4.78, 5) is 0. The quantitative estimate of drug-likeness (QED) is 0.511. The summed E-state index contributed by atoms with van der Waals surface area (Å²) in [5.74, 6) is 1.26. The predicted octanol–water partition coefficient (Wildman–Crippen LogP) is 5.07. The summed E-state index contributed by atoms with van der Waals surface area (Å²) in [7, 11) is 0. The van der Waals surface area contributed by atoms with Crippen molar-refractivity contribution in [3.8, 4) is 0 Å². The van der Waals surface area contributed by atoms with E-state index >= 15 is 0 Å². The summed E-state index contributed by atoms with van der Waals surface area (Å²) in [6.45, 7) is 6.66. The number of nitrogens with one attached hydrogen (secondary N) is 1. The molecule has 0 saturated carbocycles. The Morgan fingerprint density at radius 3 is 2.65 bits per heavy atom. The molecule has 0 bridgehead atoms. The number of hydrogen-bond donors (Lipinski definition) is 1. The number of rotatable bonds is 8. The minimum atomic E-state index is 0.498. The molecule has 17 heavy (non-hydrogen) atoms. The lowest BCUT2D eigenvalue weighted by atomic mass is 10.2. The standard InChI is InChI=1S/C15H25NS/c1-4-5-6-9-12-17-14(3)16-15-11-8-7-10-13(15)2/h7-8,10-11,14,16H,4-6,9,12H2,1-3H3. The molecule has 0 spiro atoms. The molecule has 1 aromatic rings. The first-order valence-electron chi connectivity index (χ1n) is 6.67. The van der Waals surface area contributed by atoms with Gasteiger partial charge in [0.15, 0.2) is 0 Å². The van der Waals surface area contributed by atoms with Gasteiger partial charge in [0, 0.05) is 5.69 Å². The van der Waals surface area contributed by atoms with Gasteiger partial charge in [-0.05, 0) is 37.7 Å². The van der Waals surface area contributed by atoms with Gasteiger partial charge in [-0.25, -0.2) is 0 Å². The van der Waals surface area contributed by atoms with Gasteiger partial charge in [0.1, 0.15) is 0 Å². The van der Waals surface area contributed by atoms with Crippen LogP contribution in [0.15, 0.2) is 24.3 Å². The molecule has 1 nitrogen and oxygen atoms in total. The first kappa shape index (κ1) is 14.4. The molecule has 1 rings (SSSR count). The molecule has 1 unspecified atom stereocenters. The van der Waals surface area contributed by atoms with Crippen molar-refractivity contribution in [3.63, 3.8) is 0 Å². The van der Waals surface area contributed by atoms with Crippen LogP contribution in [-0.2, 0) is 0 Å². The van der Waals surface area contributed by atoms with Crippen molar-refractivity contribution in [2.24, 2.45) is 0 Å². The molecule has 0 aromatic heterocycles. The zero-order valence-electron chi connectivity index (χ0n) is 11.3. The number of unbranched alkanes of at least 4 members (excludes halogenated alkanes) is 3. The Morgan fingerprint density at radius 2 is 1.94 bits per heavy atom. The molecule has 2 heteroatoms. The molecule has 96 valence electrons. The highest BCUT2D eigenvalue weighted by Gasteiger charge is 2.03. The summed E-state index contributed by atoms with van der Waals surface area (Å²) < 4.78 is 0. The largest absolute Gasteiger partial charge is 0.373 e. The van der Waals surface area contributed by atoms with Gasteiger partial charge in [0.25, 0.3) is 0 Å². The third-order valence-electron chi connectivity index (χ3n) is 2.87. The molecule has 0 aliphatic heterocycles. The molecular weight excluding hydrogens is 226 g/mol. The molecule has 0 fully saturated rings. The van der Waals surface area contributed by atoms with Crippen LogP contribution < -0.4 is 5.32 Å². The number of thioether (sulfide) groups is 1. The average molecular weight is 251 g/mol. The Hall–Kier alpha value is -0.630. The molecule has 1 N–H and O–H groups in total. The van der Waals surface area contributed by atoms with Crippen molar-refractivity contribution in [2.75, 3.05) is 11.1 Å². The van der Waals surface area contributed by atoms with E-state index in [0.29, 0.717) is 5.37 Å². The van der Waals surface area contributed by atoms with E-state index in [1.165, 1.54) is 42.7 Å². The highest BCUT2D eigenvalue weighted by atomic mass is 32.2. The molecule has 1 aromatic carbocycles. The average Bonchev–Trinajstić information content (AvgIpc) is 2.32. The zero-order chi connectivity index (χ0) is 12.5. The van der Waals surface area contributed by atoms with Crippen LogP contribution in [0.1, 0.15) is 45.1 Å². The molecule has 0 radical (unpaired) electrons. The van der Waals surface area contributed by atoms with Gasteiger partial charge in [0.2, 0.25) is 0 Å². The number of benzene rings is 1. The van der Waals surface area contributed by atoms with Crippen molar-refractivity contribution in [1.29, 1.82) is 0 Å². The Labute approximate surface area is 110 Å². The topological polar surface area (TPSA) is 12.0 Å². The van der Waals surface area contributed by atoms with E-state index in [4.69, 9.17) is 0 Å². The molecule has 0 amide bonds. The summed E-state index contributed by atoms with van der Waals surface area (Å²) in [6, 6.07) is 8.49. The van der Waals surface area contributed by atoms with Gasteiger partial charge in [-0.3, -0.25) is 0 Å². The number of hydrogen-bond acceptors (Lipinski definition) is 2. The summed E-state index contributed by atoms with van der Waals surface area (Å²) in [5.41, 5.74) is 2.59. The minimum Gasteiger partial charge on any atom is -0.373 e. The number of para-hydroxylation sites is 1. The van der Waals surface area contributed by atoms with Gasteiger partial charge in [0.05, 0.1) is 5.37 Å². The smallest absolute Gasteiger partial charge is 0.0694 e. The monoisotopic (exact) mass is 251 g/mol. The van der Waals surface area contributed by atoms with E-state index in [2.05, 4.69) is 50.4 Å². The lowest BCUT2D eigenvalue weighted by Gasteiger charge is -2.16. The summed E-state index contributed by atoms with van der Waals surface area (Å²) in [5, 5.41) is 4.06. The van der Waals surface area contributed by atoms with Crippen LogP contribution in [0.4, 0.5) is 5.69 Å². The molecular formula is C15H25NS. The number of anilines is 1. The van der Waals surface area contributed by atoms with Gasteiger partial charge in [-0.2, -0.15) is 0 Å². The fourth-order valence-electron chi connectivity index (χ4n) is 1.78. The van der Waals surface area contributed by atoms with Crippen molar-refractivity contribution >= 4 is 17.4 Å². The van der Waals surface area contributed by atoms with E-state index in [1.807, 2.05) is 11.8 Å². The second kappa shape index (κ2) is 8.46. The number of aryl methyl sites for hydroxylation is 1. The summed E-state index contributed by atoms with van der Waals surface area (Å²) >= 11 is 2.02. The SMILES string of the molecule is CCCCCCSC(C)Nc1ccccc1C. The van der Waals surface area contributed by atoms with Crippen LogP contribution in [0.2, 0.25) is 0 Å². The van der Waals surface area contributed by atoms with Gasteiger partial charge in [-0.1, -0.05) is 44.4 Å². The highest BCUT2D eigenvalue weighted by Crippen LogP contribution is 2.20. The normalized spacial score (nSPS) is 12.4. The Morgan fingerprint density at radius 1 is 1.18 bits per heavy atom. The predicted molar refractivity (Wildman–Crippen MR) is 80.9 cm³/mol. The second-order valence-corrected chi connectivity index (χ2v) is 5.98. The lowest BCUT2D eigenvalue weighted by molar-refractivity contribution is 0.706. The van der Waals surface area contributed by atoms with Crippen LogP contribution in [-0.4, -0.2) is 11.1 Å². The Kier molecular flexibility index (Phi) is 7.18. The Bertz CT molecular complexity index is 312. The van der Waals surface area contributed by atoms with E-state index in [-0.39, 0.29) is 0 Å². The molecule has 0 saturated heterocycles. The van der Waals surface area contributed by atoms with Crippen LogP contribution in [0.5, 0.6) is 0 Å². The van der Waals surface area contributed by atoms with Crippen LogP contribution in [0.3, 0.4) is 0 Å². The zero-order valence-corrected chi connectivity index (χ0v) is 12.1. The third kappa shape index (κ3) is 6.02.